The Morgan fingerprint density at radius 1 is 1.14 bits per heavy atom. The molecule has 192 valence electrons. The average Bonchev–Trinajstić information content (AvgIpc) is 2.92. The fourth-order valence-corrected chi connectivity index (χ4v) is 4.82. The Bertz CT molecular complexity index is 1260. The van der Waals surface area contributed by atoms with Gasteiger partial charge in [-0.3, -0.25) is 9.69 Å². The van der Waals surface area contributed by atoms with Crippen molar-refractivity contribution in [1.82, 2.24) is 4.90 Å². The van der Waals surface area contributed by atoms with E-state index in [0.717, 1.165) is 16.8 Å². The monoisotopic (exact) mass is 520 g/mol. The van der Waals surface area contributed by atoms with Gasteiger partial charge in [0.25, 0.3) is 0 Å². The predicted molar refractivity (Wildman–Crippen MR) is 143 cm³/mol. The summed E-state index contributed by atoms with van der Waals surface area (Å²) in [5, 5.41) is 20.4. The molecule has 0 aliphatic carbocycles. The summed E-state index contributed by atoms with van der Waals surface area (Å²) in [6.07, 6.45) is -0.698. The summed E-state index contributed by atoms with van der Waals surface area (Å²) in [4.78, 5) is 19.4. The van der Waals surface area contributed by atoms with Crippen LogP contribution in [0.1, 0.15) is 33.6 Å². The predicted octanol–water partition coefficient (Wildman–Crippen LogP) is 3.96. The Hall–Kier alpha value is -3.61. The molecule has 1 saturated heterocycles. The molecular formula is C28H29ClN4O4. The third-order valence-electron chi connectivity index (χ3n) is 6.47. The Labute approximate surface area is 221 Å². The lowest BCUT2D eigenvalue weighted by Gasteiger charge is -2.44. The van der Waals surface area contributed by atoms with Crippen molar-refractivity contribution >= 4 is 28.9 Å². The quantitative estimate of drug-likeness (QED) is 0.369. The number of nitrogens with zero attached hydrogens (tertiary/aromatic N) is 3. The second kappa shape index (κ2) is 12.1. The topological polar surface area (TPSA) is 104 Å². The number of carbonyl (C=O) groups is 1. The van der Waals surface area contributed by atoms with Crippen LogP contribution in [-0.2, 0) is 0 Å². The van der Waals surface area contributed by atoms with Gasteiger partial charge in [-0.2, -0.15) is 0 Å². The van der Waals surface area contributed by atoms with E-state index in [2.05, 4.69) is 14.6 Å². The molecule has 0 radical (unpaired) electrons. The van der Waals surface area contributed by atoms with Crippen molar-refractivity contribution in [2.75, 3.05) is 44.3 Å². The number of ether oxygens (including phenoxy) is 1. The molecule has 0 aromatic heterocycles. The van der Waals surface area contributed by atoms with Crippen LogP contribution >= 0.6 is 11.6 Å². The molecule has 1 fully saturated rings. The summed E-state index contributed by atoms with van der Waals surface area (Å²) in [5.74, 6) is 0.0960. The van der Waals surface area contributed by atoms with Crippen molar-refractivity contribution in [2.45, 2.75) is 12.1 Å². The zero-order chi connectivity index (χ0) is 26.4. The number of anilines is 1. The van der Waals surface area contributed by atoms with Crippen LogP contribution in [0.3, 0.4) is 0 Å². The SMILES string of the molecule is [C-]#[N+]c1ccc([C@H](O)CN2CCN(c3ccc(OCCO)cc3Cl)[C@H](c3ccc(C(N)=O)cc3)C2)cc1. The van der Waals surface area contributed by atoms with Gasteiger partial charge < -0.3 is 25.6 Å². The number of primary amides is 1. The standard InChI is InChI=1S/C28H29ClN4O4/c1-31-22-8-6-20(7-9-22)27(35)18-32-12-13-33(25-11-10-23(16-24(25)29)37-15-14-34)26(17-32)19-2-4-21(5-3-19)28(30)36/h2-11,16,26-27,34-35H,12-15,17-18H2,(H2,30,36)/t26-,27+/m0/s1. The van der Waals surface area contributed by atoms with E-state index >= 15 is 0 Å². The van der Waals surface area contributed by atoms with Crippen molar-refractivity contribution in [1.29, 1.82) is 0 Å². The fourth-order valence-electron chi connectivity index (χ4n) is 4.54. The lowest BCUT2D eigenvalue weighted by Crippen LogP contribution is -2.49. The summed E-state index contributed by atoms with van der Waals surface area (Å²) in [6, 6.07) is 19.6. The molecule has 4 N–H and O–H groups in total. The zero-order valence-corrected chi connectivity index (χ0v) is 21.0. The molecule has 0 bridgehead atoms. The van der Waals surface area contributed by atoms with Crippen LogP contribution in [0.4, 0.5) is 11.4 Å². The van der Waals surface area contributed by atoms with Crippen molar-refractivity contribution in [3.05, 3.63) is 99.9 Å². The number of piperazine rings is 1. The maximum atomic E-state index is 11.6. The van der Waals surface area contributed by atoms with Gasteiger partial charge in [0.15, 0.2) is 5.69 Å². The number of benzene rings is 3. The number of hydrogen-bond donors (Lipinski definition) is 3. The van der Waals surface area contributed by atoms with Crippen molar-refractivity contribution < 1.29 is 19.7 Å². The summed E-state index contributed by atoms with van der Waals surface area (Å²) >= 11 is 6.67. The molecule has 0 spiro atoms. The normalized spacial score (nSPS) is 16.7. The first-order valence-corrected chi connectivity index (χ1v) is 12.3. The van der Waals surface area contributed by atoms with Gasteiger partial charge in [0, 0.05) is 37.8 Å². The third kappa shape index (κ3) is 6.40. The van der Waals surface area contributed by atoms with E-state index in [0.29, 0.717) is 48.2 Å². The number of rotatable bonds is 9. The Kier molecular flexibility index (Phi) is 8.64. The van der Waals surface area contributed by atoms with Crippen molar-refractivity contribution in [3.8, 4) is 5.75 Å². The number of aliphatic hydroxyl groups is 2. The van der Waals surface area contributed by atoms with Crippen LogP contribution < -0.4 is 15.4 Å². The number of aliphatic hydroxyl groups excluding tert-OH is 2. The van der Waals surface area contributed by atoms with E-state index in [-0.39, 0.29) is 19.3 Å². The van der Waals surface area contributed by atoms with E-state index in [9.17, 15) is 9.90 Å². The number of carbonyl (C=O) groups excluding carboxylic acids is 1. The van der Waals surface area contributed by atoms with E-state index in [4.69, 9.17) is 33.8 Å². The van der Waals surface area contributed by atoms with Crippen LogP contribution in [0.2, 0.25) is 5.02 Å². The molecule has 1 aliphatic rings. The molecule has 1 aliphatic heterocycles. The minimum atomic E-state index is -0.698. The number of amides is 1. The minimum Gasteiger partial charge on any atom is -0.491 e. The Morgan fingerprint density at radius 2 is 1.86 bits per heavy atom. The largest absolute Gasteiger partial charge is 0.491 e. The van der Waals surface area contributed by atoms with Gasteiger partial charge in [0.2, 0.25) is 5.91 Å². The molecule has 1 heterocycles. The van der Waals surface area contributed by atoms with Gasteiger partial charge in [0.05, 0.1) is 36.0 Å². The summed E-state index contributed by atoms with van der Waals surface area (Å²) < 4.78 is 5.49. The molecule has 37 heavy (non-hydrogen) atoms. The summed E-state index contributed by atoms with van der Waals surface area (Å²) in [5.41, 5.74) is 9.00. The Balaban J connectivity index is 1.58. The lowest BCUT2D eigenvalue weighted by atomic mass is 9.99. The van der Waals surface area contributed by atoms with Crippen molar-refractivity contribution in [2.24, 2.45) is 5.73 Å². The first-order valence-electron chi connectivity index (χ1n) is 12.0. The molecule has 9 heteroatoms. The van der Waals surface area contributed by atoms with E-state index in [1.807, 2.05) is 24.3 Å². The van der Waals surface area contributed by atoms with Crippen LogP contribution in [0.25, 0.3) is 4.85 Å². The molecular weight excluding hydrogens is 492 g/mol. The lowest BCUT2D eigenvalue weighted by molar-refractivity contribution is 0.0995. The van der Waals surface area contributed by atoms with Crippen LogP contribution in [0, 0.1) is 6.57 Å². The highest BCUT2D eigenvalue weighted by atomic mass is 35.5. The molecule has 0 unspecified atom stereocenters. The zero-order valence-electron chi connectivity index (χ0n) is 20.3. The minimum absolute atomic E-state index is 0.0831. The highest BCUT2D eigenvalue weighted by molar-refractivity contribution is 6.33. The van der Waals surface area contributed by atoms with E-state index in [1.54, 1.807) is 42.5 Å². The fraction of sp³-hybridized carbons (Fsp3) is 0.286. The maximum absolute atomic E-state index is 11.6. The van der Waals surface area contributed by atoms with E-state index < -0.39 is 12.0 Å². The number of β-amino-alcohol motifs (C(OH)–C–C–N with tert-alkyl or cyclic N) is 1. The smallest absolute Gasteiger partial charge is 0.248 e. The van der Waals surface area contributed by atoms with Gasteiger partial charge in [-0.25, -0.2) is 4.85 Å². The molecule has 1 amide bonds. The second-order valence-electron chi connectivity index (χ2n) is 8.86. The van der Waals surface area contributed by atoms with E-state index in [1.165, 1.54) is 0 Å². The van der Waals surface area contributed by atoms with Crippen LogP contribution in [-0.4, -0.2) is 60.4 Å². The van der Waals surface area contributed by atoms with Gasteiger partial charge >= 0.3 is 0 Å². The van der Waals surface area contributed by atoms with Gasteiger partial charge in [-0.05, 0) is 35.4 Å². The molecule has 4 rings (SSSR count). The molecule has 3 aromatic carbocycles. The first-order chi connectivity index (χ1) is 17.9. The van der Waals surface area contributed by atoms with Gasteiger partial charge in [0.1, 0.15) is 12.4 Å². The summed E-state index contributed by atoms with van der Waals surface area (Å²) in [7, 11) is 0. The first kappa shape index (κ1) is 26.5. The maximum Gasteiger partial charge on any atom is 0.248 e. The highest BCUT2D eigenvalue weighted by Crippen LogP contribution is 2.37. The number of nitrogens with two attached hydrogens (primary N) is 1. The Morgan fingerprint density at radius 3 is 2.49 bits per heavy atom. The summed E-state index contributed by atoms with van der Waals surface area (Å²) in [6.45, 7) is 9.62. The van der Waals surface area contributed by atoms with Crippen LogP contribution in [0.5, 0.6) is 5.75 Å². The van der Waals surface area contributed by atoms with Crippen molar-refractivity contribution in [3.63, 3.8) is 0 Å². The molecule has 8 nitrogen and oxygen atoms in total. The highest BCUT2D eigenvalue weighted by Gasteiger charge is 2.31. The average molecular weight is 521 g/mol. The molecule has 0 saturated carbocycles. The third-order valence-corrected chi connectivity index (χ3v) is 6.77. The van der Waals surface area contributed by atoms with Crippen LogP contribution in [0.15, 0.2) is 66.7 Å². The number of halogens is 1. The number of hydrogen-bond acceptors (Lipinski definition) is 6. The molecule has 3 aromatic rings. The second-order valence-corrected chi connectivity index (χ2v) is 9.27. The van der Waals surface area contributed by atoms with Gasteiger partial charge in [-0.15, -0.1) is 0 Å². The molecule has 2 atom stereocenters. The van der Waals surface area contributed by atoms with Gasteiger partial charge in [-0.1, -0.05) is 48.0 Å².